The summed E-state index contributed by atoms with van der Waals surface area (Å²) in [5, 5.41) is 5.26. The highest BCUT2D eigenvalue weighted by molar-refractivity contribution is 6.33. The van der Waals surface area contributed by atoms with Crippen LogP contribution in [0.25, 0.3) is 0 Å². The van der Waals surface area contributed by atoms with Gasteiger partial charge in [0.25, 0.3) is 0 Å². The van der Waals surface area contributed by atoms with Crippen molar-refractivity contribution in [3.8, 4) is 0 Å². The van der Waals surface area contributed by atoms with E-state index in [1.165, 1.54) is 37.7 Å². The van der Waals surface area contributed by atoms with Gasteiger partial charge in [-0.05, 0) is 55.5 Å². The quantitative estimate of drug-likeness (QED) is 0.798. The molecule has 1 N–H and O–H groups in total. The zero-order valence-electron chi connectivity index (χ0n) is 11.6. The van der Waals surface area contributed by atoms with Crippen molar-refractivity contribution in [2.24, 2.45) is 5.92 Å². The van der Waals surface area contributed by atoms with E-state index < -0.39 is 0 Å². The topological polar surface area (TPSA) is 12.0 Å². The lowest BCUT2D eigenvalue weighted by molar-refractivity contribution is 0.269. The van der Waals surface area contributed by atoms with Crippen molar-refractivity contribution >= 4 is 23.2 Å². The van der Waals surface area contributed by atoms with Gasteiger partial charge in [-0.3, -0.25) is 0 Å². The molecule has 3 heteroatoms. The predicted molar refractivity (Wildman–Crippen MR) is 84.2 cm³/mol. The van der Waals surface area contributed by atoms with E-state index in [1.807, 2.05) is 18.2 Å². The summed E-state index contributed by atoms with van der Waals surface area (Å²) >= 11 is 12.4. The fraction of sp³-hybridized carbons (Fsp3) is 0.625. The van der Waals surface area contributed by atoms with Crippen LogP contribution in [-0.4, -0.2) is 12.6 Å². The molecule has 0 spiro atoms. The van der Waals surface area contributed by atoms with Crippen molar-refractivity contribution < 1.29 is 0 Å². The molecule has 0 radical (unpaired) electrons. The maximum atomic E-state index is 6.29. The van der Waals surface area contributed by atoms with Gasteiger partial charge in [0, 0.05) is 16.1 Å². The largest absolute Gasteiger partial charge is 0.314 e. The summed E-state index contributed by atoms with van der Waals surface area (Å²) in [4.78, 5) is 0. The minimum atomic E-state index is 0.529. The molecule has 1 aliphatic carbocycles. The summed E-state index contributed by atoms with van der Waals surface area (Å²) in [5.74, 6) is 0.781. The molecule has 1 aromatic rings. The van der Waals surface area contributed by atoms with Crippen LogP contribution in [0.5, 0.6) is 0 Å². The normalized spacial score (nSPS) is 18.5. The fourth-order valence-electron chi connectivity index (χ4n) is 3.14. The summed E-state index contributed by atoms with van der Waals surface area (Å²) in [6.45, 7) is 3.19. The molecule has 0 amide bonds. The third kappa shape index (κ3) is 4.37. The van der Waals surface area contributed by atoms with E-state index in [-0.39, 0.29) is 0 Å². The van der Waals surface area contributed by atoms with E-state index in [9.17, 15) is 0 Å². The molecule has 0 bridgehead atoms. The van der Waals surface area contributed by atoms with Crippen LogP contribution in [0.4, 0.5) is 0 Å². The Labute approximate surface area is 126 Å². The number of hydrogen-bond donors (Lipinski definition) is 1. The smallest absolute Gasteiger partial charge is 0.0439 e. The fourth-order valence-corrected chi connectivity index (χ4v) is 3.53. The van der Waals surface area contributed by atoms with Crippen molar-refractivity contribution in [3.05, 3.63) is 33.8 Å². The van der Waals surface area contributed by atoms with Crippen molar-refractivity contribution in [1.82, 2.24) is 5.32 Å². The first-order valence-corrected chi connectivity index (χ1v) is 8.13. The number of benzene rings is 1. The van der Waals surface area contributed by atoms with Crippen molar-refractivity contribution in [2.75, 3.05) is 6.54 Å². The maximum absolute atomic E-state index is 6.29. The first-order chi connectivity index (χ1) is 9.20. The van der Waals surface area contributed by atoms with E-state index in [4.69, 9.17) is 23.2 Å². The van der Waals surface area contributed by atoms with Gasteiger partial charge in [-0.25, -0.2) is 0 Å². The highest BCUT2D eigenvalue weighted by Crippen LogP contribution is 2.30. The van der Waals surface area contributed by atoms with Gasteiger partial charge in [0.15, 0.2) is 0 Å². The molecular formula is C16H23Cl2N. The third-order valence-corrected chi connectivity index (χ3v) is 4.74. The lowest BCUT2D eigenvalue weighted by Crippen LogP contribution is -2.39. The molecular weight excluding hydrogens is 277 g/mol. The zero-order valence-corrected chi connectivity index (χ0v) is 13.1. The van der Waals surface area contributed by atoms with Crippen LogP contribution in [0.3, 0.4) is 0 Å². The Balaban J connectivity index is 2.08. The Morgan fingerprint density at radius 3 is 2.63 bits per heavy atom. The van der Waals surface area contributed by atoms with Crippen LogP contribution in [0.1, 0.15) is 44.6 Å². The molecule has 1 aliphatic rings. The number of likely N-dealkylation sites (N-methyl/N-ethyl adjacent to an activating group) is 1. The van der Waals surface area contributed by atoms with Gasteiger partial charge in [0.1, 0.15) is 0 Å². The van der Waals surface area contributed by atoms with Crippen LogP contribution in [-0.2, 0) is 6.42 Å². The van der Waals surface area contributed by atoms with E-state index in [1.54, 1.807) is 0 Å². The van der Waals surface area contributed by atoms with E-state index in [0.29, 0.717) is 6.04 Å². The maximum Gasteiger partial charge on any atom is 0.0439 e. The Bertz CT molecular complexity index is 400. The molecule has 0 aromatic heterocycles. The van der Waals surface area contributed by atoms with Crippen molar-refractivity contribution in [1.29, 1.82) is 0 Å². The number of rotatable bonds is 5. The average molecular weight is 300 g/mol. The highest BCUT2D eigenvalue weighted by atomic mass is 35.5. The van der Waals surface area contributed by atoms with Crippen LogP contribution < -0.4 is 5.32 Å². The van der Waals surface area contributed by atoms with Gasteiger partial charge in [-0.15, -0.1) is 0 Å². The van der Waals surface area contributed by atoms with Gasteiger partial charge in [-0.1, -0.05) is 49.4 Å². The Hall–Kier alpha value is -0.240. The van der Waals surface area contributed by atoms with Crippen LogP contribution >= 0.6 is 23.2 Å². The molecule has 2 rings (SSSR count). The van der Waals surface area contributed by atoms with E-state index in [2.05, 4.69) is 12.2 Å². The molecule has 19 heavy (non-hydrogen) atoms. The first kappa shape index (κ1) is 15.2. The van der Waals surface area contributed by atoms with Gasteiger partial charge in [0.05, 0.1) is 0 Å². The molecule has 1 fully saturated rings. The zero-order chi connectivity index (χ0) is 13.7. The molecule has 1 atom stereocenters. The number of nitrogens with one attached hydrogen (secondary N) is 1. The molecule has 0 aliphatic heterocycles. The molecule has 1 nitrogen and oxygen atoms in total. The third-order valence-electron chi connectivity index (χ3n) is 4.13. The molecule has 1 saturated carbocycles. The lowest BCUT2D eigenvalue weighted by Gasteiger charge is -2.31. The summed E-state index contributed by atoms with van der Waals surface area (Å²) < 4.78 is 0. The van der Waals surface area contributed by atoms with Crippen molar-refractivity contribution in [2.45, 2.75) is 51.5 Å². The highest BCUT2D eigenvalue weighted by Gasteiger charge is 2.23. The SMILES string of the molecule is CCNC(Cc1cc(Cl)ccc1Cl)C1CCCCC1. The minimum absolute atomic E-state index is 0.529. The lowest BCUT2D eigenvalue weighted by atomic mass is 9.81. The molecule has 106 valence electrons. The average Bonchev–Trinajstić information content (AvgIpc) is 2.43. The standard InChI is InChI=1S/C16H23Cl2N/c1-2-19-16(12-6-4-3-5-7-12)11-13-10-14(17)8-9-15(13)18/h8-10,12,16,19H,2-7,11H2,1H3. The van der Waals surface area contributed by atoms with Gasteiger partial charge in [0.2, 0.25) is 0 Å². The van der Waals surface area contributed by atoms with Gasteiger partial charge in [-0.2, -0.15) is 0 Å². The monoisotopic (exact) mass is 299 g/mol. The van der Waals surface area contributed by atoms with Crippen LogP contribution in [0.2, 0.25) is 10.0 Å². The summed E-state index contributed by atoms with van der Waals surface area (Å²) in [7, 11) is 0. The van der Waals surface area contributed by atoms with E-state index >= 15 is 0 Å². The molecule has 0 saturated heterocycles. The number of hydrogen-bond acceptors (Lipinski definition) is 1. The minimum Gasteiger partial charge on any atom is -0.314 e. The Kier molecular flexibility index (Phi) is 6.00. The van der Waals surface area contributed by atoms with Gasteiger partial charge < -0.3 is 5.32 Å². The molecule has 1 aromatic carbocycles. The summed E-state index contributed by atoms with van der Waals surface area (Å²) in [6, 6.07) is 6.30. The van der Waals surface area contributed by atoms with Crippen molar-refractivity contribution in [3.63, 3.8) is 0 Å². The second-order valence-electron chi connectivity index (χ2n) is 5.50. The summed E-state index contributed by atoms with van der Waals surface area (Å²) in [5.41, 5.74) is 1.17. The second-order valence-corrected chi connectivity index (χ2v) is 6.35. The molecule has 1 unspecified atom stereocenters. The van der Waals surface area contributed by atoms with E-state index in [0.717, 1.165) is 28.9 Å². The Morgan fingerprint density at radius 2 is 1.95 bits per heavy atom. The second kappa shape index (κ2) is 7.52. The first-order valence-electron chi connectivity index (χ1n) is 7.38. The van der Waals surface area contributed by atoms with Crippen LogP contribution in [0, 0.1) is 5.92 Å². The summed E-state index contributed by atoms with van der Waals surface area (Å²) in [6.07, 6.45) is 7.81. The Morgan fingerprint density at radius 1 is 1.21 bits per heavy atom. The van der Waals surface area contributed by atoms with Crippen LogP contribution in [0.15, 0.2) is 18.2 Å². The predicted octanol–water partition coefficient (Wildman–Crippen LogP) is 5.09. The van der Waals surface area contributed by atoms with Gasteiger partial charge >= 0.3 is 0 Å². The number of halogens is 2. The molecule has 0 heterocycles.